The molecule has 0 amide bonds. The molecule has 1 aliphatic rings. The van der Waals surface area contributed by atoms with Crippen LogP contribution in [0.4, 0.5) is 0 Å². The van der Waals surface area contributed by atoms with Gasteiger partial charge in [-0.15, -0.1) is 0 Å². The van der Waals surface area contributed by atoms with Gasteiger partial charge in [-0.3, -0.25) is 0 Å². The lowest BCUT2D eigenvalue weighted by molar-refractivity contribution is 0.0689. The average Bonchev–Trinajstić information content (AvgIpc) is 2.92. The minimum absolute atomic E-state index is 0.178. The predicted octanol–water partition coefficient (Wildman–Crippen LogP) is 5.41. The van der Waals surface area contributed by atoms with Gasteiger partial charge in [-0.2, -0.15) is 0 Å². The first kappa shape index (κ1) is 26.2. The molecule has 1 saturated heterocycles. The molecule has 0 saturated carbocycles. The van der Waals surface area contributed by atoms with Crippen LogP contribution in [0.5, 0.6) is 0 Å². The van der Waals surface area contributed by atoms with Crippen LogP contribution in [-0.4, -0.2) is 25.4 Å². The van der Waals surface area contributed by atoms with Crippen LogP contribution in [0.25, 0.3) is 0 Å². The van der Waals surface area contributed by atoms with Crippen LogP contribution in [-0.2, 0) is 14.9 Å². The number of aryl methyl sites for hydroxylation is 1. The fourth-order valence-electron chi connectivity index (χ4n) is 4.67. The third kappa shape index (κ3) is 5.93. The first-order valence-corrected chi connectivity index (χ1v) is 15.4. The topological polar surface area (TPSA) is 66.4 Å². The molecule has 0 spiro atoms. The Morgan fingerprint density at radius 1 is 0.694 bits per heavy atom. The van der Waals surface area contributed by atoms with Crippen molar-refractivity contribution in [3.8, 4) is 0 Å². The van der Waals surface area contributed by atoms with Crippen molar-refractivity contribution in [1.82, 2.24) is 0 Å². The molecule has 4 nitrogen and oxygen atoms in total. The summed E-state index contributed by atoms with van der Waals surface area (Å²) in [6.07, 6.45) is 3.56. The van der Waals surface area contributed by atoms with Gasteiger partial charge in [-0.25, -0.2) is 8.42 Å². The molecule has 1 heterocycles. The molecule has 0 aromatic heterocycles. The SMILES string of the molecule is Cc1ccc(S(=O)(=O)[O-])cc1.c1ccc([P+](c2ccccc2)(c2ccccc2)C2CCCCO2)cc1. The Kier molecular flexibility index (Phi) is 8.71. The molecule has 0 aliphatic carbocycles. The zero-order valence-electron chi connectivity index (χ0n) is 20.4. The Bertz CT molecular complexity index is 1220. The highest BCUT2D eigenvalue weighted by atomic mass is 32.2. The lowest BCUT2D eigenvalue weighted by atomic mass is 10.2. The van der Waals surface area contributed by atoms with Crippen LogP contribution >= 0.6 is 7.26 Å². The lowest BCUT2D eigenvalue weighted by Crippen LogP contribution is -2.41. The number of benzene rings is 4. The van der Waals surface area contributed by atoms with E-state index in [1.165, 1.54) is 40.9 Å². The molecular formula is C30H31O4PS. The second-order valence-corrected chi connectivity index (χ2v) is 13.8. The van der Waals surface area contributed by atoms with Crippen LogP contribution in [0.1, 0.15) is 24.8 Å². The maximum atomic E-state index is 10.4. The van der Waals surface area contributed by atoms with E-state index in [-0.39, 0.29) is 10.7 Å². The van der Waals surface area contributed by atoms with Crippen LogP contribution in [0.3, 0.4) is 0 Å². The van der Waals surface area contributed by atoms with Gasteiger partial charge in [0.1, 0.15) is 33.3 Å². The summed E-state index contributed by atoms with van der Waals surface area (Å²) in [7, 11) is -6.12. The van der Waals surface area contributed by atoms with Gasteiger partial charge in [-0.1, -0.05) is 72.3 Å². The molecular weight excluding hydrogens is 487 g/mol. The zero-order valence-corrected chi connectivity index (χ0v) is 22.1. The Morgan fingerprint density at radius 3 is 1.50 bits per heavy atom. The highest BCUT2D eigenvalue weighted by Gasteiger charge is 2.53. The Balaban J connectivity index is 0.000000233. The molecule has 4 aromatic rings. The second-order valence-electron chi connectivity index (χ2n) is 8.82. The van der Waals surface area contributed by atoms with E-state index in [4.69, 9.17) is 4.74 Å². The van der Waals surface area contributed by atoms with E-state index in [2.05, 4.69) is 91.0 Å². The summed E-state index contributed by atoms with van der Waals surface area (Å²) in [4.78, 5) is -0.178. The van der Waals surface area contributed by atoms with Gasteiger partial charge < -0.3 is 9.29 Å². The summed E-state index contributed by atoms with van der Waals surface area (Å²) in [6, 6.07) is 38.9. The highest BCUT2D eigenvalue weighted by molar-refractivity contribution is 7.96. The van der Waals surface area contributed by atoms with Crippen LogP contribution in [0, 0.1) is 6.92 Å². The number of hydrogen-bond acceptors (Lipinski definition) is 4. The lowest BCUT2D eigenvalue weighted by Gasteiger charge is -2.36. The van der Waals surface area contributed by atoms with Crippen molar-refractivity contribution in [2.24, 2.45) is 0 Å². The van der Waals surface area contributed by atoms with E-state index in [9.17, 15) is 13.0 Å². The minimum atomic E-state index is -4.27. The predicted molar refractivity (Wildman–Crippen MR) is 148 cm³/mol. The van der Waals surface area contributed by atoms with Crippen molar-refractivity contribution >= 4 is 33.3 Å². The standard InChI is InChI=1S/C23H24OP.C7H8O3S/c1-4-12-20(13-5-1)25(21-14-6-2-7-15-21,22-16-8-3-9-17-22)23-18-10-11-19-24-23;1-6-2-4-7(5-3-6)11(8,9)10/h1-9,12-17,23H,10-11,18-19H2;2-5H,1H3,(H,8,9,10)/q+1;/p-1. The Labute approximate surface area is 215 Å². The maximum Gasteiger partial charge on any atom is 0.181 e. The highest BCUT2D eigenvalue weighted by Crippen LogP contribution is 2.62. The Morgan fingerprint density at radius 2 is 1.14 bits per heavy atom. The summed E-state index contributed by atoms with van der Waals surface area (Å²) < 4.78 is 37.6. The van der Waals surface area contributed by atoms with E-state index < -0.39 is 17.4 Å². The van der Waals surface area contributed by atoms with Gasteiger partial charge in [0.05, 0.1) is 11.5 Å². The Hall–Kier alpha value is -2.82. The van der Waals surface area contributed by atoms with Gasteiger partial charge >= 0.3 is 0 Å². The molecule has 5 rings (SSSR count). The molecule has 0 bridgehead atoms. The molecule has 36 heavy (non-hydrogen) atoms. The van der Waals surface area contributed by atoms with E-state index in [1.54, 1.807) is 12.1 Å². The van der Waals surface area contributed by atoms with E-state index in [1.807, 2.05) is 6.92 Å². The number of rotatable bonds is 5. The van der Waals surface area contributed by atoms with Crippen molar-refractivity contribution < 1.29 is 17.7 Å². The third-order valence-corrected chi connectivity index (χ3v) is 11.8. The summed E-state index contributed by atoms with van der Waals surface area (Å²) in [6.45, 7) is 2.69. The van der Waals surface area contributed by atoms with Gasteiger partial charge in [-0.05, 0) is 68.3 Å². The van der Waals surface area contributed by atoms with E-state index >= 15 is 0 Å². The number of ether oxygens (including phenoxy) is 1. The summed E-state index contributed by atoms with van der Waals surface area (Å²) in [5.41, 5.74) is 0.928. The molecule has 6 heteroatoms. The van der Waals surface area contributed by atoms with Crippen LogP contribution in [0.2, 0.25) is 0 Å². The smallest absolute Gasteiger partial charge is 0.181 e. The fourth-order valence-corrected chi connectivity index (χ4v) is 9.86. The van der Waals surface area contributed by atoms with Gasteiger partial charge in [0.25, 0.3) is 0 Å². The first-order chi connectivity index (χ1) is 17.4. The third-order valence-electron chi connectivity index (χ3n) is 6.39. The van der Waals surface area contributed by atoms with Gasteiger partial charge in [0.15, 0.2) is 5.85 Å². The molecule has 1 unspecified atom stereocenters. The van der Waals surface area contributed by atoms with Crippen LogP contribution < -0.4 is 15.9 Å². The summed E-state index contributed by atoms with van der Waals surface area (Å²) in [5.74, 6) is 0.258. The maximum absolute atomic E-state index is 10.4. The van der Waals surface area contributed by atoms with Crippen molar-refractivity contribution in [3.05, 3.63) is 121 Å². The summed E-state index contributed by atoms with van der Waals surface area (Å²) in [5, 5.41) is 4.25. The molecule has 4 aromatic carbocycles. The molecule has 1 fully saturated rings. The second kappa shape index (κ2) is 11.9. The van der Waals surface area contributed by atoms with Gasteiger partial charge in [0, 0.05) is 6.42 Å². The average molecular weight is 519 g/mol. The molecule has 0 radical (unpaired) electrons. The zero-order chi connectivity index (χ0) is 25.4. The van der Waals surface area contributed by atoms with Crippen molar-refractivity contribution in [3.63, 3.8) is 0 Å². The fraction of sp³-hybridized carbons (Fsp3) is 0.200. The van der Waals surface area contributed by atoms with E-state index in [0.29, 0.717) is 0 Å². The molecule has 1 aliphatic heterocycles. The monoisotopic (exact) mass is 518 g/mol. The quantitative estimate of drug-likeness (QED) is 0.262. The molecule has 1 atom stereocenters. The van der Waals surface area contributed by atoms with Crippen molar-refractivity contribution in [2.75, 3.05) is 6.61 Å². The minimum Gasteiger partial charge on any atom is -0.744 e. The molecule has 186 valence electrons. The normalized spacial score (nSPS) is 16.0. The number of hydrogen-bond donors (Lipinski definition) is 0. The van der Waals surface area contributed by atoms with Crippen molar-refractivity contribution in [1.29, 1.82) is 0 Å². The summed E-state index contributed by atoms with van der Waals surface area (Å²) >= 11 is 0. The largest absolute Gasteiger partial charge is 0.744 e. The van der Waals surface area contributed by atoms with Crippen LogP contribution in [0.15, 0.2) is 120 Å². The first-order valence-electron chi connectivity index (χ1n) is 12.1. The molecule has 0 N–H and O–H groups in total. The van der Waals surface area contributed by atoms with Crippen molar-refractivity contribution in [2.45, 2.75) is 36.9 Å². The van der Waals surface area contributed by atoms with E-state index in [0.717, 1.165) is 18.6 Å². The van der Waals surface area contributed by atoms with Gasteiger partial charge in [0.2, 0.25) is 0 Å².